The number of halogens is 1. The summed E-state index contributed by atoms with van der Waals surface area (Å²) in [6.45, 7) is 2.93. The fourth-order valence-corrected chi connectivity index (χ4v) is 4.22. The van der Waals surface area contributed by atoms with Gasteiger partial charge in [-0.25, -0.2) is 14.4 Å². The topological polar surface area (TPSA) is 83.7 Å². The van der Waals surface area contributed by atoms with Crippen LogP contribution >= 0.6 is 0 Å². The average molecular weight is 476 g/mol. The van der Waals surface area contributed by atoms with E-state index in [-0.39, 0.29) is 11.7 Å². The SMILES string of the molecule is CN(C)CC(=O)Nc1ccc(-c2oc3ncnc(N4CCOCC4)c3c2-c2ccc(F)cc2)cc1. The maximum atomic E-state index is 13.8. The molecule has 5 rings (SSSR count). The maximum Gasteiger partial charge on any atom is 0.238 e. The van der Waals surface area contributed by atoms with Crippen molar-refractivity contribution in [3.05, 3.63) is 60.7 Å². The number of aromatic nitrogens is 2. The highest BCUT2D eigenvalue weighted by molar-refractivity contribution is 6.06. The molecular weight excluding hydrogens is 449 g/mol. The van der Waals surface area contributed by atoms with Crippen LogP contribution in [0.5, 0.6) is 0 Å². The van der Waals surface area contributed by atoms with Crippen LogP contribution in [0.25, 0.3) is 33.6 Å². The summed E-state index contributed by atoms with van der Waals surface area (Å²) in [7, 11) is 3.69. The summed E-state index contributed by atoms with van der Waals surface area (Å²) in [5, 5.41) is 3.67. The molecule has 9 heteroatoms. The van der Waals surface area contributed by atoms with Crippen LogP contribution in [0, 0.1) is 5.82 Å². The van der Waals surface area contributed by atoms with Gasteiger partial charge in [0.05, 0.1) is 25.1 Å². The predicted octanol–water partition coefficient (Wildman–Crippen LogP) is 4.03. The molecule has 1 amide bonds. The second kappa shape index (κ2) is 9.81. The van der Waals surface area contributed by atoms with E-state index in [9.17, 15) is 9.18 Å². The lowest BCUT2D eigenvalue weighted by Crippen LogP contribution is -2.36. The molecule has 0 radical (unpaired) electrons. The van der Waals surface area contributed by atoms with Crippen LogP contribution in [0.1, 0.15) is 0 Å². The number of benzene rings is 2. The van der Waals surface area contributed by atoms with Crippen LogP contribution in [0.4, 0.5) is 15.9 Å². The molecule has 4 aromatic rings. The number of rotatable bonds is 6. The summed E-state index contributed by atoms with van der Waals surface area (Å²) in [4.78, 5) is 25.1. The van der Waals surface area contributed by atoms with Crippen LogP contribution < -0.4 is 10.2 Å². The molecular formula is C26H26FN5O3. The molecule has 0 aliphatic carbocycles. The molecule has 180 valence electrons. The molecule has 0 spiro atoms. The Kier molecular flexibility index (Phi) is 6.43. The Bertz CT molecular complexity index is 1330. The highest BCUT2D eigenvalue weighted by atomic mass is 19.1. The Labute approximate surface area is 202 Å². The molecule has 2 aromatic carbocycles. The number of anilines is 2. The van der Waals surface area contributed by atoms with E-state index < -0.39 is 0 Å². The number of carbonyl (C=O) groups is 1. The van der Waals surface area contributed by atoms with Crippen molar-refractivity contribution in [3.8, 4) is 22.5 Å². The molecule has 1 aliphatic heterocycles. The fraction of sp³-hybridized carbons (Fsp3) is 0.269. The molecule has 0 saturated carbocycles. The van der Waals surface area contributed by atoms with Crippen molar-refractivity contribution >= 4 is 28.5 Å². The Hall–Kier alpha value is -3.82. The summed E-state index contributed by atoms with van der Waals surface area (Å²) in [5.41, 5.74) is 3.55. The number of amides is 1. The van der Waals surface area contributed by atoms with Crippen molar-refractivity contribution in [2.24, 2.45) is 0 Å². The van der Waals surface area contributed by atoms with Crippen molar-refractivity contribution in [3.63, 3.8) is 0 Å². The van der Waals surface area contributed by atoms with Crippen LogP contribution in [0.2, 0.25) is 0 Å². The molecule has 2 aromatic heterocycles. The van der Waals surface area contributed by atoms with Gasteiger partial charge in [-0.1, -0.05) is 12.1 Å². The molecule has 1 fully saturated rings. The molecule has 1 aliphatic rings. The third kappa shape index (κ3) is 4.87. The second-order valence-electron chi connectivity index (χ2n) is 8.65. The Morgan fingerprint density at radius 1 is 1.03 bits per heavy atom. The number of carbonyl (C=O) groups excluding carboxylic acids is 1. The van der Waals surface area contributed by atoms with E-state index in [2.05, 4.69) is 20.2 Å². The first-order valence-corrected chi connectivity index (χ1v) is 11.4. The Morgan fingerprint density at radius 3 is 2.40 bits per heavy atom. The van der Waals surface area contributed by atoms with Gasteiger partial charge in [-0.05, 0) is 56.1 Å². The molecule has 1 saturated heterocycles. The first-order chi connectivity index (χ1) is 17.0. The van der Waals surface area contributed by atoms with Crippen molar-refractivity contribution < 1.29 is 18.3 Å². The van der Waals surface area contributed by atoms with Crippen molar-refractivity contribution in [1.29, 1.82) is 0 Å². The van der Waals surface area contributed by atoms with E-state index in [1.165, 1.54) is 18.5 Å². The number of fused-ring (bicyclic) bond motifs is 1. The van der Waals surface area contributed by atoms with Crippen molar-refractivity contribution in [2.75, 3.05) is 57.2 Å². The van der Waals surface area contributed by atoms with E-state index in [0.717, 1.165) is 27.9 Å². The lowest BCUT2D eigenvalue weighted by molar-refractivity contribution is -0.116. The molecule has 1 N–H and O–H groups in total. The molecule has 0 atom stereocenters. The molecule has 8 nitrogen and oxygen atoms in total. The van der Waals surface area contributed by atoms with Gasteiger partial charge in [0.25, 0.3) is 0 Å². The molecule has 35 heavy (non-hydrogen) atoms. The van der Waals surface area contributed by atoms with Gasteiger partial charge in [-0.15, -0.1) is 0 Å². The third-order valence-corrected chi connectivity index (χ3v) is 5.80. The van der Waals surface area contributed by atoms with Crippen molar-refractivity contribution in [2.45, 2.75) is 0 Å². The summed E-state index contributed by atoms with van der Waals surface area (Å²) < 4.78 is 25.5. The zero-order valence-electron chi connectivity index (χ0n) is 19.6. The summed E-state index contributed by atoms with van der Waals surface area (Å²) in [5.74, 6) is 0.961. The summed E-state index contributed by atoms with van der Waals surface area (Å²) >= 11 is 0. The normalized spacial score (nSPS) is 14.0. The summed E-state index contributed by atoms with van der Waals surface area (Å²) in [6.07, 6.45) is 1.50. The number of hydrogen-bond donors (Lipinski definition) is 1. The van der Waals surface area contributed by atoms with Crippen LogP contribution in [-0.2, 0) is 9.53 Å². The average Bonchev–Trinajstić information content (AvgIpc) is 3.25. The van der Waals surface area contributed by atoms with Crippen LogP contribution in [0.3, 0.4) is 0 Å². The third-order valence-electron chi connectivity index (χ3n) is 5.80. The number of ether oxygens (including phenoxy) is 1. The first kappa shape index (κ1) is 22.9. The minimum Gasteiger partial charge on any atom is -0.437 e. The van der Waals surface area contributed by atoms with Crippen LogP contribution in [-0.4, -0.2) is 67.7 Å². The number of nitrogens with one attached hydrogen (secondary N) is 1. The van der Waals surface area contributed by atoms with Gasteiger partial charge in [-0.2, -0.15) is 0 Å². The molecule has 0 bridgehead atoms. The second-order valence-corrected chi connectivity index (χ2v) is 8.65. The van der Waals surface area contributed by atoms with Gasteiger partial charge in [0.15, 0.2) is 0 Å². The predicted molar refractivity (Wildman–Crippen MR) is 133 cm³/mol. The monoisotopic (exact) mass is 475 g/mol. The minimum absolute atomic E-state index is 0.0936. The number of nitrogens with zero attached hydrogens (tertiary/aromatic N) is 4. The van der Waals surface area contributed by atoms with Gasteiger partial charge >= 0.3 is 0 Å². The van der Waals surface area contributed by atoms with E-state index in [0.29, 0.717) is 50.0 Å². The standard InChI is InChI=1S/C26H26FN5O3/c1-31(2)15-21(33)30-20-9-5-18(6-10-20)24-22(17-3-7-19(27)8-4-17)23-25(28-16-29-26(23)35-24)32-11-13-34-14-12-32/h3-10,16H,11-15H2,1-2H3,(H,30,33). The lowest BCUT2D eigenvalue weighted by atomic mass is 9.99. The minimum atomic E-state index is -0.314. The fourth-order valence-electron chi connectivity index (χ4n) is 4.22. The quantitative estimate of drug-likeness (QED) is 0.451. The van der Waals surface area contributed by atoms with Gasteiger partial charge in [0, 0.05) is 29.9 Å². The zero-order valence-corrected chi connectivity index (χ0v) is 19.6. The number of morpholine rings is 1. The maximum absolute atomic E-state index is 13.8. The van der Waals surface area contributed by atoms with Crippen molar-refractivity contribution in [1.82, 2.24) is 14.9 Å². The Morgan fingerprint density at radius 2 is 1.71 bits per heavy atom. The zero-order chi connectivity index (χ0) is 24.4. The number of furan rings is 1. The molecule has 0 unspecified atom stereocenters. The van der Waals surface area contributed by atoms with E-state index in [1.807, 2.05) is 38.4 Å². The highest BCUT2D eigenvalue weighted by Crippen LogP contribution is 2.43. The van der Waals surface area contributed by atoms with E-state index >= 15 is 0 Å². The van der Waals surface area contributed by atoms with Gasteiger partial charge in [-0.3, -0.25) is 4.79 Å². The first-order valence-electron chi connectivity index (χ1n) is 11.4. The van der Waals surface area contributed by atoms with Crippen LogP contribution in [0.15, 0.2) is 59.3 Å². The largest absolute Gasteiger partial charge is 0.437 e. The van der Waals surface area contributed by atoms with E-state index in [4.69, 9.17) is 9.15 Å². The van der Waals surface area contributed by atoms with Gasteiger partial charge < -0.3 is 24.3 Å². The lowest BCUT2D eigenvalue weighted by Gasteiger charge is -2.28. The van der Waals surface area contributed by atoms with Gasteiger partial charge in [0.2, 0.25) is 11.6 Å². The highest BCUT2D eigenvalue weighted by Gasteiger charge is 2.25. The Balaban J connectivity index is 1.60. The smallest absolute Gasteiger partial charge is 0.238 e. The van der Waals surface area contributed by atoms with E-state index in [1.54, 1.807) is 17.0 Å². The number of likely N-dealkylation sites (N-methyl/N-ethyl adjacent to an activating group) is 1. The summed E-state index contributed by atoms with van der Waals surface area (Å²) in [6, 6.07) is 13.8. The molecule has 3 heterocycles. The van der Waals surface area contributed by atoms with Gasteiger partial charge in [0.1, 0.15) is 23.7 Å². The number of hydrogen-bond acceptors (Lipinski definition) is 7.